The lowest BCUT2D eigenvalue weighted by molar-refractivity contribution is 0.361. The first kappa shape index (κ1) is 17.1. The molecule has 4 unspecified atom stereocenters. The van der Waals surface area contributed by atoms with Crippen molar-refractivity contribution < 1.29 is 0 Å². The number of benzene rings is 1. The average molecular weight is 322 g/mol. The molecule has 0 aliphatic heterocycles. The Morgan fingerprint density at radius 1 is 1.12 bits per heavy atom. The molecule has 0 amide bonds. The highest BCUT2D eigenvalue weighted by atomic mass is 15.1. The molecule has 2 aromatic rings. The zero-order valence-electron chi connectivity index (χ0n) is 15.7. The highest BCUT2D eigenvalue weighted by Crippen LogP contribution is 2.46. The van der Waals surface area contributed by atoms with Gasteiger partial charge in [0, 0.05) is 5.56 Å². The number of hydrogen-bond acceptors (Lipinski definition) is 2. The van der Waals surface area contributed by atoms with Crippen LogP contribution in [0.5, 0.6) is 0 Å². The van der Waals surface area contributed by atoms with E-state index in [-0.39, 0.29) is 0 Å². The Kier molecular flexibility index (Phi) is 5.03. The molecule has 4 atom stereocenters. The van der Waals surface area contributed by atoms with Crippen LogP contribution >= 0.6 is 0 Å². The van der Waals surface area contributed by atoms with Crippen LogP contribution in [0.1, 0.15) is 88.3 Å². The molecule has 1 aliphatic rings. The second-order valence-electron chi connectivity index (χ2n) is 7.62. The van der Waals surface area contributed by atoms with Crippen LogP contribution in [-0.2, 0) is 0 Å². The van der Waals surface area contributed by atoms with Gasteiger partial charge in [0.2, 0.25) is 0 Å². The summed E-state index contributed by atoms with van der Waals surface area (Å²) in [7, 11) is 0. The van der Waals surface area contributed by atoms with E-state index < -0.39 is 0 Å². The van der Waals surface area contributed by atoms with Crippen molar-refractivity contribution in [1.29, 1.82) is 0 Å². The van der Waals surface area contributed by atoms with Crippen LogP contribution in [0.2, 0.25) is 0 Å². The van der Waals surface area contributed by atoms with Gasteiger partial charge in [-0.2, -0.15) is 10.2 Å². The molecule has 0 spiro atoms. The Hall–Kier alpha value is -1.70. The van der Waals surface area contributed by atoms with Crippen molar-refractivity contribution in [2.24, 2.45) is 5.92 Å². The van der Waals surface area contributed by atoms with Crippen LogP contribution in [0.4, 0.5) is 0 Å². The topological polar surface area (TPSA) is 25.8 Å². The van der Waals surface area contributed by atoms with E-state index in [4.69, 9.17) is 0 Å². The Morgan fingerprint density at radius 2 is 1.83 bits per heavy atom. The van der Waals surface area contributed by atoms with Gasteiger partial charge in [-0.1, -0.05) is 58.9 Å². The van der Waals surface area contributed by atoms with Crippen LogP contribution < -0.4 is 0 Å². The molecule has 24 heavy (non-hydrogen) atoms. The third-order valence-electron chi connectivity index (χ3n) is 6.04. The molecule has 1 aliphatic carbocycles. The maximum absolute atomic E-state index is 4.57. The van der Waals surface area contributed by atoms with Crippen molar-refractivity contribution in [1.82, 2.24) is 10.2 Å². The highest BCUT2D eigenvalue weighted by Gasteiger charge is 2.32. The lowest BCUT2D eigenvalue weighted by Crippen LogP contribution is -2.22. The van der Waals surface area contributed by atoms with Crippen molar-refractivity contribution in [3.63, 3.8) is 0 Å². The fraction of sp³-hybridized carbons (Fsp3) is 0.545. The van der Waals surface area contributed by atoms with Crippen molar-refractivity contribution >= 4 is 0 Å². The van der Waals surface area contributed by atoms with Gasteiger partial charge in [0.05, 0.1) is 11.9 Å². The van der Waals surface area contributed by atoms with E-state index in [9.17, 15) is 0 Å². The predicted molar refractivity (Wildman–Crippen MR) is 101 cm³/mol. The smallest absolute Gasteiger partial charge is 0.0967 e. The molecule has 0 N–H and O–H groups in total. The summed E-state index contributed by atoms with van der Waals surface area (Å²) in [6.07, 6.45) is 5.60. The monoisotopic (exact) mass is 322 g/mol. The fourth-order valence-electron chi connectivity index (χ4n) is 4.35. The molecule has 2 nitrogen and oxygen atoms in total. The Balaban J connectivity index is 2.08. The van der Waals surface area contributed by atoms with Crippen LogP contribution in [0, 0.1) is 5.92 Å². The molecule has 0 bridgehead atoms. The summed E-state index contributed by atoms with van der Waals surface area (Å²) in [5.41, 5.74) is 6.60. The van der Waals surface area contributed by atoms with Crippen LogP contribution in [0.25, 0.3) is 11.3 Å². The molecule has 1 heterocycles. The van der Waals surface area contributed by atoms with Gasteiger partial charge in [0.15, 0.2) is 0 Å². The first-order chi connectivity index (χ1) is 11.6. The number of fused-ring (bicyclic) bond motifs is 1. The molecule has 1 aromatic carbocycles. The minimum atomic E-state index is 0.575. The van der Waals surface area contributed by atoms with Crippen molar-refractivity contribution in [2.75, 3.05) is 0 Å². The number of nitrogens with zero attached hydrogens (tertiary/aromatic N) is 2. The molecule has 2 heteroatoms. The second-order valence-corrected chi connectivity index (χ2v) is 7.62. The van der Waals surface area contributed by atoms with E-state index in [0.717, 1.165) is 5.69 Å². The van der Waals surface area contributed by atoms with E-state index in [2.05, 4.69) is 69.1 Å². The standard InChI is InChI=1S/C22H30N2/c1-6-14(3)17-8-10-18(11-9-17)22-21-19(7-2)15(4)12-16(5)20(21)13-23-24-22/h8-11,13-16,19H,6-7,12H2,1-5H3. The van der Waals surface area contributed by atoms with Gasteiger partial charge in [0.25, 0.3) is 0 Å². The number of rotatable bonds is 4. The number of aromatic nitrogens is 2. The summed E-state index contributed by atoms with van der Waals surface area (Å²) in [6.45, 7) is 11.6. The van der Waals surface area contributed by atoms with E-state index in [1.807, 2.05) is 6.20 Å². The van der Waals surface area contributed by atoms with Gasteiger partial charge in [0.1, 0.15) is 0 Å². The normalized spacial score (nSPS) is 24.5. The molecule has 3 rings (SSSR count). The first-order valence-electron chi connectivity index (χ1n) is 9.52. The summed E-state index contributed by atoms with van der Waals surface area (Å²) in [5.74, 6) is 2.49. The summed E-state index contributed by atoms with van der Waals surface area (Å²) in [4.78, 5) is 0. The highest BCUT2D eigenvalue weighted by molar-refractivity contribution is 5.66. The molecule has 1 aromatic heterocycles. The molecule has 0 saturated carbocycles. The molecular weight excluding hydrogens is 292 g/mol. The third-order valence-corrected chi connectivity index (χ3v) is 6.04. The fourth-order valence-corrected chi connectivity index (χ4v) is 4.35. The van der Waals surface area contributed by atoms with Gasteiger partial charge in [-0.15, -0.1) is 0 Å². The van der Waals surface area contributed by atoms with Gasteiger partial charge in [-0.25, -0.2) is 0 Å². The van der Waals surface area contributed by atoms with Crippen molar-refractivity contribution in [3.8, 4) is 11.3 Å². The summed E-state index contributed by atoms with van der Waals surface area (Å²) in [6, 6.07) is 9.01. The van der Waals surface area contributed by atoms with Crippen LogP contribution in [0.3, 0.4) is 0 Å². The second kappa shape index (κ2) is 7.04. The maximum Gasteiger partial charge on any atom is 0.0967 e. The Bertz CT molecular complexity index is 690. The maximum atomic E-state index is 4.57. The summed E-state index contributed by atoms with van der Waals surface area (Å²) >= 11 is 0. The Labute approximate surface area is 146 Å². The van der Waals surface area contributed by atoms with E-state index >= 15 is 0 Å². The summed E-state index contributed by atoms with van der Waals surface area (Å²) < 4.78 is 0. The van der Waals surface area contributed by atoms with E-state index in [1.165, 1.54) is 41.5 Å². The zero-order chi connectivity index (χ0) is 17.3. The SMILES string of the molecule is CCC(C)c1ccc(-c2nncc3c2C(CC)C(C)CC3C)cc1. The third kappa shape index (κ3) is 2.99. The minimum Gasteiger partial charge on any atom is -0.158 e. The lowest BCUT2D eigenvalue weighted by Gasteiger charge is -2.35. The van der Waals surface area contributed by atoms with Crippen LogP contribution in [0.15, 0.2) is 30.5 Å². The number of hydrogen-bond donors (Lipinski definition) is 0. The first-order valence-corrected chi connectivity index (χ1v) is 9.52. The molecule has 128 valence electrons. The molecule has 0 saturated heterocycles. The largest absolute Gasteiger partial charge is 0.158 e. The minimum absolute atomic E-state index is 0.575. The quantitative estimate of drug-likeness (QED) is 0.660. The van der Waals surface area contributed by atoms with E-state index in [1.54, 1.807) is 0 Å². The van der Waals surface area contributed by atoms with Crippen molar-refractivity contribution in [3.05, 3.63) is 47.2 Å². The summed E-state index contributed by atoms with van der Waals surface area (Å²) in [5, 5.41) is 8.92. The molecule has 0 fully saturated rings. The molecular formula is C22H30N2. The van der Waals surface area contributed by atoms with Gasteiger partial charge >= 0.3 is 0 Å². The zero-order valence-corrected chi connectivity index (χ0v) is 15.7. The van der Waals surface area contributed by atoms with Gasteiger partial charge in [-0.3, -0.25) is 0 Å². The van der Waals surface area contributed by atoms with Crippen molar-refractivity contribution in [2.45, 2.75) is 71.6 Å². The van der Waals surface area contributed by atoms with Gasteiger partial charge < -0.3 is 0 Å². The molecule has 0 radical (unpaired) electrons. The van der Waals surface area contributed by atoms with E-state index in [0.29, 0.717) is 23.7 Å². The Morgan fingerprint density at radius 3 is 2.46 bits per heavy atom. The predicted octanol–water partition coefficient (Wildman–Crippen LogP) is 6.29. The lowest BCUT2D eigenvalue weighted by atomic mass is 9.70. The average Bonchev–Trinajstić information content (AvgIpc) is 2.61. The van der Waals surface area contributed by atoms with Gasteiger partial charge in [-0.05, 0) is 59.6 Å². The van der Waals surface area contributed by atoms with Crippen LogP contribution in [-0.4, -0.2) is 10.2 Å².